The fourth-order valence-corrected chi connectivity index (χ4v) is 2.24. The fourth-order valence-electron chi connectivity index (χ4n) is 2.24. The van der Waals surface area contributed by atoms with Gasteiger partial charge in [-0.05, 0) is 31.2 Å². The lowest BCUT2D eigenvalue weighted by Gasteiger charge is -2.25. The number of anilines is 2. The molecule has 2 rings (SSSR count). The first-order valence-electron chi connectivity index (χ1n) is 7.34. The van der Waals surface area contributed by atoms with Crippen molar-refractivity contribution in [1.29, 1.82) is 0 Å². The zero-order valence-electron chi connectivity index (χ0n) is 13.2. The van der Waals surface area contributed by atoms with E-state index in [1.54, 1.807) is 19.2 Å². The van der Waals surface area contributed by atoms with Gasteiger partial charge in [0.2, 0.25) is 5.91 Å². The van der Waals surface area contributed by atoms with Gasteiger partial charge in [0.05, 0.1) is 11.5 Å². The maximum absolute atomic E-state index is 12.5. The maximum atomic E-state index is 12.5. The molecule has 0 aliphatic heterocycles. The summed E-state index contributed by atoms with van der Waals surface area (Å²) in [4.78, 5) is 26.2. The molecular formula is C17H19N3O3. The topological polar surface area (TPSA) is 66.7 Å². The third-order valence-electron chi connectivity index (χ3n) is 3.65. The first-order valence-corrected chi connectivity index (χ1v) is 7.34. The van der Waals surface area contributed by atoms with Crippen molar-refractivity contribution in [2.75, 3.05) is 29.9 Å². The van der Waals surface area contributed by atoms with E-state index in [0.29, 0.717) is 12.2 Å². The lowest BCUT2D eigenvalue weighted by Crippen LogP contribution is -2.38. The van der Waals surface area contributed by atoms with Crippen molar-refractivity contribution in [3.8, 4) is 0 Å². The zero-order valence-corrected chi connectivity index (χ0v) is 13.2. The van der Waals surface area contributed by atoms with E-state index in [9.17, 15) is 14.9 Å². The molecule has 2 aromatic rings. The lowest BCUT2D eigenvalue weighted by atomic mass is 10.2. The molecule has 0 radical (unpaired) electrons. The highest BCUT2D eigenvalue weighted by atomic mass is 16.6. The Morgan fingerprint density at radius 3 is 2.17 bits per heavy atom. The van der Waals surface area contributed by atoms with E-state index >= 15 is 0 Å². The quantitative estimate of drug-likeness (QED) is 0.607. The summed E-state index contributed by atoms with van der Waals surface area (Å²) in [6.07, 6.45) is 0. The van der Waals surface area contributed by atoms with Gasteiger partial charge in [0, 0.05) is 37.1 Å². The van der Waals surface area contributed by atoms with E-state index in [4.69, 9.17) is 0 Å². The molecule has 120 valence electrons. The van der Waals surface area contributed by atoms with Crippen LogP contribution in [0.5, 0.6) is 0 Å². The molecule has 6 heteroatoms. The third kappa shape index (κ3) is 4.06. The van der Waals surface area contributed by atoms with E-state index in [1.807, 2.05) is 42.2 Å². The smallest absolute Gasteiger partial charge is 0.269 e. The highest BCUT2D eigenvalue weighted by Gasteiger charge is 2.16. The molecule has 0 aromatic heterocycles. The number of nitro benzene ring substituents is 1. The SMILES string of the molecule is CCN(CC(=O)N(C)c1ccc([N+](=O)[O-])cc1)c1ccccc1. The number of nitrogens with zero attached hydrogens (tertiary/aromatic N) is 3. The number of non-ortho nitro benzene ring substituents is 1. The van der Waals surface area contributed by atoms with Gasteiger partial charge in [0.15, 0.2) is 0 Å². The minimum atomic E-state index is -0.459. The van der Waals surface area contributed by atoms with E-state index in [-0.39, 0.29) is 18.1 Å². The predicted octanol–water partition coefficient (Wildman–Crippen LogP) is 3.08. The van der Waals surface area contributed by atoms with Crippen molar-refractivity contribution < 1.29 is 9.72 Å². The van der Waals surface area contributed by atoms with Crippen LogP contribution in [0, 0.1) is 10.1 Å². The zero-order chi connectivity index (χ0) is 16.8. The third-order valence-corrected chi connectivity index (χ3v) is 3.65. The lowest BCUT2D eigenvalue weighted by molar-refractivity contribution is -0.384. The van der Waals surface area contributed by atoms with Crippen molar-refractivity contribution in [3.05, 3.63) is 64.7 Å². The number of nitro groups is 1. The summed E-state index contributed by atoms with van der Waals surface area (Å²) < 4.78 is 0. The standard InChI is InChI=1S/C17H19N3O3/c1-3-19(15-7-5-4-6-8-15)13-17(21)18(2)14-9-11-16(12-10-14)20(22)23/h4-12H,3,13H2,1-2H3. The van der Waals surface area contributed by atoms with Gasteiger partial charge >= 0.3 is 0 Å². The van der Waals surface area contributed by atoms with Crippen LogP contribution < -0.4 is 9.80 Å². The van der Waals surface area contributed by atoms with Gasteiger partial charge in [0.1, 0.15) is 0 Å². The number of amides is 1. The molecule has 0 heterocycles. The first kappa shape index (κ1) is 16.5. The minimum Gasteiger partial charge on any atom is -0.362 e. The van der Waals surface area contributed by atoms with Gasteiger partial charge in [0.25, 0.3) is 5.69 Å². The van der Waals surface area contributed by atoms with Crippen molar-refractivity contribution >= 4 is 23.0 Å². The molecule has 0 aliphatic rings. The van der Waals surface area contributed by atoms with Crippen LogP contribution in [0.3, 0.4) is 0 Å². The van der Waals surface area contributed by atoms with Crippen LogP contribution in [-0.4, -0.2) is 31.0 Å². The Morgan fingerprint density at radius 1 is 1.04 bits per heavy atom. The number of benzene rings is 2. The summed E-state index contributed by atoms with van der Waals surface area (Å²) in [5.41, 5.74) is 1.62. The van der Waals surface area contributed by atoms with Crippen LogP contribution in [0.1, 0.15) is 6.92 Å². The largest absolute Gasteiger partial charge is 0.362 e. The van der Waals surface area contributed by atoms with E-state index in [0.717, 1.165) is 5.69 Å². The van der Waals surface area contributed by atoms with Gasteiger partial charge in [-0.3, -0.25) is 14.9 Å². The second kappa shape index (κ2) is 7.40. The Bertz CT molecular complexity index is 671. The van der Waals surface area contributed by atoms with E-state index in [1.165, 1.54) is 17.0 Å². The average molecular weight is 313 g/mol. The Balaban J connectivity index is 2.08. The van der Waals surface area contributed by atoms with E-state index < -0.39 is 4.92 Å². The molecular weight excluding hydrogens is 294 g/mol. The highest BCUT2D eigenvalue weighted by molar-refractivity contribution is 5.96. The Labute approximate surface area is 135 Å². The summed E-state index contributed by atoms with van der Waals surface area (Å²) in [6, 6.07) is 15.7. The molecule has 0 saturated carbocycles. The van der Waals surface area contributed by atoms with Crippen LogP contribution in [0.4, 0.5) is 17.1 Å². The number of hydrogen-bond donors (Lipinski definition) is 0. The molecule has 1 amide bonds. The van der Waals surface area contributed by atoms with Gasteiger partial charge in [-0.2, -0.15) is 0 Å². The Morgan fingerprint density at radius 2 is 1.65 bits per heavy atom. The second-order valence-corrected chi connectivity index (χ2v) is 5.08. The summed E-state index contributed by atoms with van der Waals surface area (Å²) in [5, 5.41) is 10.7. The molecule has 2 aromatic carbocycles. The highest BCUT2D eigenvalue weighted by Crippen LogP contribution is 2.19. The van der Waals surface area contributed by atoms with E-state index in [2.05, 4.69) is 0 Å². The van der Waals surface area contributed by atoms with Crippen molar-refractivity contribution in [1.82, 2.24) is 0 Å². The Kier molecular flexibility index (Phi) is 5.30. The number of hydrogen-bond acceptors (Lipinski definition) is 4. The van der Waals surface area contributed by atoms with Crippen LogP contribution >= 0.6 is 0 Å². The monoisotopic (exact) mass is 313 g/mol. The van der Waals surface area contributed by atoms with Crippen LogP contribution in [0.2, 0.25) is 0 Å². The molecule has 0 N–H and O–H groups in total. The normalized spacial score (nSPS) is 10.2. The molecule has 0 spiro atoms. The summed E-state index contributed by atoms with van der Waals surface area (Å²) in [7, 11) is 1.67. The van der Waals surface area contributed by atoms with Gasteiger partial charge in [-0.15, -0.1) is 0 Å². The molecule has 0 unspecified atom stereocenters. The molecule has 0 saturated heterocycles. The number of para-hydroxylation sites is 1. The van der Waals surface area contributed by atoms with Crippen molar-refractivity contribution in [2.24, 2.45) is 0 Å². The molecule has 23 heavy (non-hydrogen) atoms. The van der Waals surface area contributed by atoms with Gasteiger partial charge in [-0.1, -0.05) is 18.2 Å². The van der Waals surface area contributed by atoms with Crippen molar-refractivity contribution in [2.45, 2.75) is 6.92 Å². The molecule has 0 bridgehead atoms. The van der Waals surface area contributed by atoms with Crippen LogP contribution in [0.25, 0.3) is 0 Å². The van der Waals surface area contributed by atoms with Gasteiger partial charge < -0.3 is 9.80 Å². The second-order valence-electron chi connectivity index (χ2n) is 5.08. The predicted molar refractivity (Wildman–Crippen MR) is 90.8 cm³/mol. The summed E-state index contributed by atoms with van der Waals surface area (Å²) in [6.45, 7) is 2.95. The van der Waals surface area contributed by atoms with Crippen molar-refractivity contribution in [3.63, 3.8) is 0 Å². The first-order chi connectivity index (χ1) is 11.0. The summed E-state index contributed by atoms with van der Waals surface area (Å²) >= 11 is 0. The molecule has 6 nitrogen and oxygen atoms in total. The van der Waals surface area contributed by atoms with Crippen LogP contribution in [0.15, 0.2) is 54.6 Å². The summed E-state index contributed by atoms with van der Waals surface area (Å²) in [5.74, 6) is -0.0791. The fraction of sp³-hybridized carbons (Fsp3) is 0.235. The molecule has 0 atom stereocenters. The van der Waals surface area contributed by atoms with Gasteiger partial charge in [-0.25, -0.2) is 0 Å². The minimum absolute atomic E-state index is 0.00840. The molecule has 0 fully saturated rings. The van der Waals surface area contributed by atoms with Crippen LogP contribution in [-0.2, 0) is 4.79 Å². The number of carbonyl (C=O) groups excluding carboxylic acids is 1. The number of likely N-dealkylation sites (N-methyl/N-ethyl adjacent to an activating group) is 2. The maximum Gasteiger partial charge on any atom is 0.269 e. The average Bonchev–Trinajstić information content (AvgIpc) is 2.59. The Hall–Kier alpha value is -2.89. The number of rotatable bonds is 6. The number of carbonyl (C=O) groups is 1. The molecule has 0 aliphatic carbocycles.